The zero-order valence-corrected chi connectivity index (χ0v) is 18.3. The fraction of sp³-hybridized carbons (Fsp3) is 0.217. The lowest BCUT2D eigenvalue weighted by molar-refractivity contribution is 0.470. The maximum Gasteiger partial charge on any atom is 0.258 e. The molecule has 0 fully saturated rings. The lowest BCUT2D eigenvalue weighted by Crippen LogP contribution is -2.65. The number of aromatic nitrogens is 2. The van der Waals surface area contributed by atoms with Gasteiger partial charge in [-0.2, -0.15) is 4.98 Å². The Kier molecular flexibility index (Phi) is 6.38. The van der Waals surface area contributed by atoms with Crippen molar-refractivity contribution >= 4 is 36.1 Å². The molecular weight excluding hydrogens is 398 g/mol. The molecule has 0 saturated carbocycles. The van der Waals surface area contributed by atoms with Crippen LogP contribution in [0.5, 0.6) is 0 Å². The summed E-state index contributed by atoms with van der Waals surface area (Å²) in [5.41, 5.74) is 6.40. The highest BCUT2D eigenvalue weighted by Gasteiger charge is 2.49. The summed E-state index contributed by atoms with van der Waals surface area (Å²) in [5, 5.41) is 1.77. The molecule has 0 radical (unpaired) electrons. The normalized spacial score (nSPS) is 11.6. The molecule has 0 amide bonds. The number of nitrogen functional groups attached to an aromatic ring is 1. The van der Waals surface area contributed by atoms with Crippen LogP contribution in [0.4, 0.5) is 5.82 Å². The van der Waals surface area contributed by atoms with E-state index in [1.807, 2.05) is 60.7 Å². The average molecular weight is 422 g/mol. The summed E-state index contributed by atoms with van der Waals surface area (Å²) >= 11 is 5.73. The van der Waals surface area contributed by atoms with Crippen LogP contribution in [0, 0.1) is 11.8 Å². The molecule has 3 rings (SSSR count). The van der Waals surface area contributed by atoms with Crippen LogP contribution < -0.4 is 16.1 Å². The van der Waals surface area contributed by atoms with Gasteiger partial charge in [0.25, 0.3) is 8.32 Å². The van der Waals surface area contributed by atoms with E-state index in [1.165, 1.54) is 6.20 Å². The summed E-state index contributed by atoms with van der Waals surface area (Å²) < 4.78 is 0. The number of hydrogen-bond donors (Lipinski definition) is 2. The van der Waals surface area contributed by atoms with Gasteiger partial charge < -0.3 is 10.5 Å². The van der Waals surface area contributed by atoms with E-state index in [0.29, 0.717) is 12.0 Å². The molecule has 4 nitrogen and oxygen atoms in total. The first-order valence-electron chi connectivity index (χ1n) is 9.45. The van der Waals surface area contributed by atoms with Gasteiger partial charge in [0.2, 0.25) is 5.28 Å². The summed E-state index contributed by atoms with van der Waals surface area (Å²) in [4.78, 5) is 19.9. The highest BCUT2D eigenvalue weighted by Crippen LogP contribution is 2.39. The molecule has 0 saturated heterocycles. The summed E-state index contributed by atoms with van der Waals surface area (Å²) in [6, 6.07) is 20.0. The number of benzene rings is 2. The minimum atomic E-state index is -3.01. The van der Waals surface area contributed by atoms with Crippen molar-refractivity contribution in [2.45, 2.75) is 31.7 Å². The third kappa shape index (κ3) is 4.51. The SMILES string of the molecule is CC(C)(CCC#Cc1cnc(Cl)nc1N)[Si](O)(c1ccccc1)c1ccccc1. The van der Waals surface area contributed by atoms with Crippen LogP contribution in [0.1, 0.15) is 32.3 Å². The Bertz CT molecular complexity index is 991. The van der Waals surface area contributed by atoms with Crippen molar-refractivity contribution in [3.05, 3.63) is 77.7 Å². The van der Waals surface area contributed by atoms with Gasteiger partial charge in [-0.15, -0.1) is 0 Å². The number of nitrogens with two attached hydrogens (primary N) is 1. The highest BCUT2D eigenvalue weighted by atomic mass is 35.5. The highest BCUT2D eigenvalue weighted by molar-refractivity contribution is 6.98. The molecule has 0 aliphatic carbocycles. The molecule has 0 aliphatic heterocycles. The van der Waals surface area contributed by atoms with E-state index >= 15 is 0 Å². The second kappa shape index (κ2) is 8.79. The molecule has 0 aliphatic rings. The Morgan fingerprint density at radius 1 is 1.03 bits per heavy atom. The van der Waals surface area contributed by atoms with Crippen molar-refractivity contribution in [1.82, 2.24) is 9.97 Å². The number of nitrogens with zero attached hydrogens (tertiary/aromatic N) is 2. The van der Waals surface area contributed by atoms with Crippen LogP contribution in [-0.2, 0) is 0 Å². The first-order valence-corrected chi connectivity index (χ1v) is 11.8. The zero-order chi connectivity index (χ0) is 20.9. The van der Waals surface area contributed by atoms with Gasteiger partial charge in [-0.25, -0.2) is 4.98 Å². The molecule has 1 aromatic heterocycles. The lowest BCUT2D eigenvalue weighted by Gasteiger charge is -2.41. The van der Waals surface area contributed by atoms with Gasteiger partial charge in [0, 0.05) is 12.6 Å². The standard InChI is InChI=1S/C23H24ClN3OSi/c1-23(2,16-10-9-11-18-17-26-22(24)27-21(18)25)29(28,19-12-5-3-6-13-19)20-14-7-4-8-15-20/h3-8,12-15,17,28H,10,16H2,1-2H3,(H2,25,26,27). The van der Waals surface area contributed by atoms with Gasteiger partial charge in [0.1, 0.15) is 5.82 Å². The Balaban J connectivity index is 1.87. The molecule has 148 valence electrons. The molecule has 29 heavy (non-hydrogen) atoms. The van der Waals surface area contributed by atoms with E-state index in [4.69, 9.17) is 17.3 Å². The summed E-state index contributed by atoms with van der Waals surface area (Å²) in [5.74, 6) is 6.44. The van der Waals surface area contributed by atoms with Gasteiger partial charge in [0.05, 0.1) is 5.56 Å². The van der Waals surface area contributed by atoms with Crippen molar-refractivity contribution in [3.8, 4) is 11.8 Å². The number of halogens is 1. The maximum atomic E-state index is 12.1. The summed E-state index contributed by atoms with van der Waals surface area (Å²) in [7, 11) is -3.01. The van der Waals surface area contributed by atoms with Gasteiger partial charge in [0.15, 0.2) is 0 Å². The van der Waals surface area contributed by atoms with Crippen molar-refractivity contribution in [2.75, 3.05) is 5.73 Å². The van der Waals surface area contributed by atoms with Crippen LogP contribution in [0.25, 0.3) is 0 Å². The van der Waals surface area contributed by atoms with Gasteiger partial charge in [-0.05, 0) is 33.4 Å². The van der Waals surface area contributed by atoms with E-state index in [-0.39, 0.29) is 16.1 Å². The van der Waals surface area contributed by atoms with Gasteiger partial charge in [-0.1, -0.05) is 86.4 Å². The largest absolute Gasteiger partial charge is 0.424 e. The smallest absolute Gasteiger partial charge is 0.258 e. The third-order valence-electron chi connectivity index (χ3n) is 5.25. The van der Waals surface area contributed by atoms with Crippen LogP contribution in [0.3, 0.4) is 0 Å². The number of rotatable bonds is 5. The quantitative estimate of drug-likeness (QED) is 0.376. The minimum absolute atomic E-state index is 0.107. The Morgan fingerprint density at radius 3 is 2.10 bits per heavy atom. The lowest BCUT2D eigenvalue weighted by atomic mass is 10.1. The van der Waals surface area contributed by atoms with Crippen LogP contribution in [-0.4, -0.2) is 23.1 Å². The van der Waals surface area contributed by atoms with Gasteiger partial charge in [-0.3, -0.25) is 0 Å². The van der Waals surface area contributed by atoms with Gasteiger partial charge >= 0.3 is 0 Å². The van der Waals surface area contributed by atoms with E-state index in [2.05, 4.69) is 35.7 Å². The van der Waals surface area contributed by atoms with Crippen molar-refractivity contribution in [1.29, 1.82) is 0 Å². The molecular formula is C23H24ClN3OSi. The van der Waals surface area contributed by atoms with Crippen molar-refractivity contribution < 1.29 is 4.80 Å². The fourth-order valence-corrected chi connectivity index (χ4v) is 7.36. The molecule has 0 spiro atoms. The first kappa shape index (κ1) is 21.1. The van der Waals surface area contributed by atoms with E-state index in [1.54, 1.807) is 0 Å². The molecule has 2 aromatic carbocycles. The molecule has 6 heteroatoms. The topological polar surface area (TPSA) is 72.0 Å². The van der Waals surface area contributed by atoms with Crippen LogP contribution in [0.2, 0.25) is 10.3 Å². The van der Waals surface area contributed by atoms with Crippen molar-refractivity contribution in [3.63, 3.8) is 0 Å². The van der Waals surface area contributed by atoms with Crippen molar-refractivity contribution in [2.24, 2.45) is 0 Å². The summed E-state index contributed by atoms with van der Waals surface area (Å²) in [6.45, 7) is 4.25. The number of hydrogen-bond acceptors (Lipinski definition) is 4. The van der Waals surface area contributed by atoms with Crippen LogP contribution in [0.15, 0.2) is 66.9 Å². The summed E-state index contributed by atoms with van der Waals surface area (Å²) in [6.07, 6.45) is 2.88. The molecule has 0 unspecified atom stereocenters. The maximum absolute atomic E-state index is 12.1. The predicted octanol–water partition coefficient (Wildman–Crippen LogP) is 3.38. The Morgan fingerprint density at radius 2 is 1.59 bits per heavy atom. The average Bonchev–Trinajstić information content (AvgIpc) is 2.73. The van der Waals surface area contributed by atoms with Crippen LogP contribution >= 0.6 is 11.6 Å². The third-order valence-corrected chi connectivity index (χ3v) is 9.98. The molecule has 1 heterocycles. The predicted molar refractivity (Wildman–Crippen MR) is 122 cm³/mol. The van der Waals surface area contributed by atoms with E-state index in [0.717, 1.165) is 16.8 Å². The molecule has 0 bridgehead atoms. The fourth-order valence-electron chi connectivity index (χ4n) is 3.49. The Hall–Kier alpha value is -2.65. The first-order chi connectivity index (χ1) is 13.8. The number of anilines is 1. The second-order valence-corrected chi connectivity index (χ2v) is 11.8. The van der Waals surface area contributed by atoms with E-state index < -0.39 is 8.32 Å². The molecule has 3 N–H and O–H groups in total. The van der Waals surface area contributed by atoms with E-state index in [9.17, 15) is 4.80 Å². The monoisotopic (exact) mass is 421 g/mol. The molecule has 3 aromatic rings. The zero-order valence-electron chi connectivity index (χ0n) is 16.6. The molecule has 0 atom stereocenters. The minimum Gasteiger partial charge on any atom is -0.424 e. The Labute approximate surface area is 177 Å². The second-order valence-electron chi connectivity index (χ2n) is 7.57.